The van der Waals surface area contributed by atoms with Gasteiger partial charge in [0.15, 0.2) is 0 Å². The van der Waals surface area contributed by atoms with Crippen molar-refractivity contribution < 1.29 is 9.50 Å². The first-order valence-electron chi connectivity index (χ1n) is 6.68. The molecule has 1 unspecified atom stereocenters. The third kappa shape index (κ3) is 3.46. The van der Waals surface area contributed by atoms with E-state index in [-0.39, 0.29) is 11.1 Å². The number of hydrogen-bond donors (Lipinski definition) is 1. The molecular weight excluding hydrogens is 251 g/mol. The van der Waals surface area contributed by atoms with Crippen LogP contribution in [0.15, 0.2) is 18.2 Å². The summed E-state index contributed by atoms with van der Waals surface area (Å²) in [6, 6.07) is 4.78. The zero-order valence-corrected chi connectivity index (χ0v) is 11.5. The maximum atomic E-state index is 13.3. The number of benzene rings is 1. The molecule has 1 aliphatic carbocycles. The summed E-state index contributed by atoms with van der Waals surface area (Å²) in [6.07, 6.45) is 4.70. The van der Waals surface area contributed by atoms with Gasteiger partial charge in [0.2, 0.25) is 0 Å². The fourth-order valence-corrected chi connectivity index (χ4v) is 2.86. The number of halogens is 2. The standard InChI is InChI=1S/C15H20ClFO/c1-10-2-5-12(6-3-10)15(18)9-11-4-7-13(16)14(17)8-11/h4,7-8,10,12,15,18H,2-3,5-6,9H2,1H3. The van der Waals surface area contributed by atoms with E-state index in [1.165, 1.54) is 18.9 Å². The Labute approximate surface area is 113 Å². The Morgan fingerprint density at radius 2 is 2.00 bits per heavy atom. The molecule has 1 aliphatic rings. The molecule has 1 N–H and O–H groups in total. The molecule has 2 rings (SSSR count). The largest absolute Gasteiger partial charge is 0.392 e. The lowest BCUT2D eigenvalue weighted by Gasteiger charge is -2.29. The van der Waals surface area contributed by atoms with Crippen molar-refractivity contribution in [3.8, 4) is 0 Å². The van der Waals surface area contributed by atoms with Gasteiger partial charge in [-0.2, -0.15) is 0 Å². The van der Waals surface area contributed by atoms with E-state index in [4.69, 9.17) is 11.6 Å². The van der Waals surface area contributed by atoms with Crippen molar-refractivity contribution in [1.29, 1.82) is 0 Å². The van der Waals surface area contributed by atoms with E-state index in [2.05, 4.69) is 6.92 Å². The highest BCUT2D eigenvalue weighted by Crippen LogP contribution is 2.31. The Kier molecular flexibility index (Phi) is 4.63. The van der Waals surface area contributed by atoms with E-state index in [9.17, 15) is 9.50 Å². The summed E-state index contributed by atoms with van der Waals surface area (Å²) >= 11 is 5.64. The number of hydrogen-bond acceptors (Lipinski definition) is 1. The van der Waals surface area contributed by atoms with Crippen molar-refractivity contribution in [2.45, 2.75) is 45.1 Å². The van der Waals surface area contributed by atoms with E-state index in [1.807, 2.05) is 0 Å². The summed E-state index contributed by atoms with van der Waals surface area (Å²) in [5.74, 6) is 0.736. The van der Waals surface area contributed by atoms with Gasteiger partial charge in [0.1, 0.15) is 5.82 Å². The van der Waals surface area contributed by atoms with Crippen molar-refractivity contribution in [3.63, 3.8) is 0 Å². The van der Waals surface area contributed by atoms with Crippen LogP contribution in [0.5, 0.6) is 0 Å². The lowest BCUT2D eigenvalue weighted by atomic mass is 9.79. The second-order valence-electron chi connectivity index (χ2n) is 5.54. The monoisotopic (exact) mass is 270 g/mol. The molecule has 1 nitrogen and oxygen atoms in total. The second kappa shape index (κ2) is 6.03. The first-order chi connectivity index (χ1) is 8.56. The molecule has 3 heteroatoms. The van der Waals surface area contributed by atoms with E-state index >= 15 is 0 Å². The van der Waals surface area contributed by atoms with Gasteiger partial charge in [-0.15, -0.1) is 0 Å². The lowest BCUT2D eigenvalue weighted by Crippen LogP contribution is -2.26. The van der Waals surface area contributed by atoms with Crippen LogP contribution in [-0.2, 0) is 6.42 Å². The van der Waals surface area contributed by atoms with E-state index in [0.717, 1.165) is 24.3 Å². The van der Waals surface area contributed by atoms with Crippen molar-refractivity contribution in [2.24, 2.45) is 11.8 Å². The Morgan fingerprint density at radius 1 is 1.33 bits per heavy atom. The maximum absolute atomic E-state index is 13.3. The quantitative estimate of drug-likeness (QED) is 0.872. The highest BCUT2D eigenvalue weighted by atomic mass is 35.5. The average Bonchev–Trinajstić information content (AvgIpc) is 2.34. The number of aliphatic hydroxyl groups is 1. The van der Waals surface area contributed by atoms with Crippen LogP contribution in [0, 0.1) is 17.7 Å². The molecule has 0 heterocycles. The minimum atomic E-state index is -0.404. The second-order valence-corrected chi connectivity index (χ2v) is 5.95. The van der Waals surface area contributed by atoms with Crippen molar-refractivity contribution in [2.75, 3.05) is 0 Å². The summed E-state index contributed by atoms with van der Waals surface area (Å²) in [5, 5.41) is 10.4. The van der Waals surface area contributed by atoms with Crippen molar-refractivity contribution in [1.82, 2.24) is 0 Å². The molecule has 0 bridgehead atoms. The molecule has 1 aromatic carbocycles. The molecule has 1 aromatic rings. The van der Waals surface area contributed by atoms with Crippen LogP contribution in [0.4, 0.5) is 4.39 Å². The summed E-state index contributed by atoms with van der Waals surface area (Å²) < 4.78 is 13.3. The SMILES string of the molecule is CC1CCC(C(O)Cc2ccc(Cl)c(F)c2)CC1. The van der Waals surface area contributed by atoms with Crippen LogP contribution in [0.3, 0.4) is 0 Å². The Balaban J connectivity index is 1.94. The summed E-state index contributed by atoms with van der Waals surface area (Å²) in [4.78, 5) is 0. The fourth-order valence-electron chi connectivity index (χ4n) is 2.75. The molecule has 0 saturated heterocycles. The van der Waals surface area contributed by atoms with Crippen LogP contribution >= 0.6 is 11.6 Å². The van der Waals surface area contributed by atoms with Gasteiger partial charge in [0.25, 0.3) is 0 Å². The van der Waals surface area contributed by atoms with Gasteiger partial charge in [-0.05, 0) is 48.8 Å². The molecule has 1 fully saturated rings. The lowest BCUT2D eigenvalue weighted by molar-refractivity contribution is 0.0760. The molecule has 0 amide bonds. The summed E-state index contributed by atoms with van der Waals surface area (Å²) in [7, 11) is 0. The maximum Gasteiger partial charge on any atom is 0.142 e. The molecule has 0 radical (unpaired) electrons. The van der Waals surface area contributed by atoms with Crippen molar-refractivity contribution in [3.05, 3.63) is 34.6 Å². The molecule has 100 valence electrons. The summed E-state index contributed by atoms with van der Waals surface area (Å²) in [5.41, 5.74) is 0.822. The van der Waals surface area contributed by atoms with Gasteiger partial charge in [0, 0.05) is 0 Å². The number of rotatable bonds is 3. The zero-order chi connectivity index (χ0) is 13.1. The van der Waals surface area contributed by atoms with Crippen LogP contribution in [-0.4, -0.2) is 11.2 Å². The van der Waals surface area contributed by atoms with Gasteiger partial charge in [-0.25, -0.2) is 4.39 Å². The third-order valence-corrected chi connectivity index (χ3v) is 4.34. The van der Waals surface area contributed by atoms with Crippen molar-refractivity contribution >= 4 is 11.6 Å². The van der Waals surface area contributed by atoms with E-state index in [1.54, 1.807) is 12.1 Å². The highest BCUT2D eigenvalue weighted by Gasteiger charge is 2.24. The third-order valence-electron chi connectivity index (χ3n) is 4.03. The minimum absolute atomic E-state index is 0.139. The van der Waals surface area contributed by atoms with E-state index < -0.39 is 5.82 Å². The predicted molar refractivity (Wildman–Crippen MR) is 72.2 cm³/mol. The Hall–Kier alpha value is -0.600. The molecule has 0 spiro atoms. The Morgan fingerprint density at radius 3 is 2.61 bits per heavy atom. The molecule has 1 saturated carbocycles. The average molecular weight is 271 g/mol. The van der Waals surface area contributed by atoms with Crippen LogP contribution < -0.4 is 0 Å². The first-order valence-corrected chi connectivity index (χ1v) is 7.06. The van der Waals surface area contributed by atoms with Crippen LogP contribution in [0.2, 0.25) is 5.02 Å². The Bertz CT molecular complexity index is 399. The van der Waals surface area contributed by atoms with Gasteiger partial charge >= 0.3 is 0 Å². The fraction of sp³-hybridized carbons (Fsp3) is 0.600. The van der Waals surface area contributed by atoms with Gasteiger partial charge in [0.05, 0.1) is 11.1 Å². The number of aliphatic hydroxyl groups excluding tert-OH is 1. The molecule has 1 atom stereocenters. The smallest absolute Gasteiger partial charge is 0.142 e. The van der Waals surface area contributed by atoms with Crippen LogP contribution in [0.1, 0.15) is 38.2 Å². The molecular formula is C15H20ClFO. The van der Waals surface area contributed by atoms with Crippen LogP contribution in [0.25, 0.3) is 0 Å². The summed E-state index contributed by atoms with van der Waals surface area (Å²) in [6.45, 7) is 2.26. The van der Waals surface area contributed by atoms with Gasteiger partial charge in [-0.3, -0.25) is 0 Å². The molecule has 0 aromatic heterocycles. The van der Waals surface area contributed by atoms with Gasteiger partial charge in [-0.1, -0.05) is 37.4 Å². The zero-order valence-electron chi connectivity index (χ0n) is 10.7. The predicted octanol–water partition coefficient (Wildman–Crippen LogP) is 4.21. The molecule has 0 aliphatic heterocycles. The minimum Gasteiger partial charge on any atom is -0.392 e. The molecule has 18 heavy (non-hydrogen) atoms. The normalized spacial score (nSPS) is 26.0. The first kappa shape index (κ1) is 13.8. The highest BCUT2D eigenvalue weighted by molar-refractivity contribution is 6.30. The topological polar surface area (TPSA) is 20.2 Å². The van der Waals surface area contributed by atoms with Gasteiger partial charge < -0.3 is 5.11 Å². The van der Waals surface area contributed by atoms with E-state index in [0.29, 0.717) is 12.3 Å².